The number of nitrogens with one attached hydrogen (secondary N) is 1. The third-order valence-electron chi connectivity index (χ3n) is 5.88. The summed E-state index contributed by atoms with van der Waals surface area (Å²) in [7, 11) is 1.96. The van der Waals surface area contributed by atoms with Crippen molar-refractivity contribution in [3.05, 3.63) is 41.4 Å². The number of imidazole rings is 1. The molecule has 1 amide bonds. The molecule has 1 saturated heterocycles. The zero-order valence-corrected chi connectivity index (χ0v) is 18.5. The first-order chi connectivity index (χ1) is 14.9. The Morgan fingerprint density at radius 1 is 1.42 bits per heavy atom. The highest BCUT2D eigenvalue weighted by atomic mass is 35.5. The normalized spacial score (nSPS) is 18.9. The Morgan fingerprint density at radius 2 is 2.23 bits per heavy atom. The fraction of sp³-hybridized carbons (Fsp3) is 0.429. The molecule has 1 aliphatic heterocycles. The van der Waals surface area contributed by atoms with Crippen molar-refractivity contribution in [3.8, 4) is 0 Å². The Morgan fingerprint density at radius 3 is 2.97 bits per heavy atom. The summed E-state index contributed by atoms with van der Waals surface area (Å²) < 4.78 is 1.96. The van der Waals surface area contributed by atoms with Gasteiger partial charge in [-0.05, 0) is 31.7 Å². The average molecular weight is 444 g/mol. The van der Waals surface area contributed by atoms with Gasteiger partial charge in [0.05, 0.1) is 11.9 Å². The van der Waals surface area contributed by atoms with E-state index < -0.39 is 6.09 Å². The lowest BCUT2D eigenvalue weighted by atomic mass is 9.89. The molecule has 0 spiro atoms. The van der Waals surface area contributed by atoms with Gasteiger partial charge in [0.15, 0.2) is 5.82 Å². The molecular weight excluding hydrogens is 418 g/mol. The number of fused-ring (bicyclic) bond motifs is 1. The monoisotopic (exact) mass is 443 g/mol. The number of piperidine rings is 1. The van der Waals surface area contributed by atoms with Gasteiger partial charge in [0.1, 0.15) is 10.7 Å². The standard InChI is InChI=1S/C21H26ClN7O2/c1-4-14-12-29(21(30)31)8-6-17(14)27(3)19-16(22)10-23-20(26-19)25-15-5-7-28-11-13(2)24-18(28)9-15/h5,7,9-11,14,17H,4,6,8,12H2,1-3H3,(H,30,31)(H,23,25,26). The second-order valence-electron chi connectivity index (χ2n) is 7.92. The molecule has 9 nitrogen and oxygen atoms in total. The van der Waals surface area contributed by atoms with Crippen molar-refractivity contribution in [3.63, 3.8) is 0 Å². The Labute approximate surface area is 185 Å². The lowest BCUT2D eigenvalue weighted by Gasteiger charge is -2.42. The van der Waals surface area contributed by atoms with E-state index in [0.717, 1.165) is 29.9 Å². The Balaban J connectivity index is 1.55. The van der Waals surface area contributed by atoms with Crippen molar-refractivity contribution in [2.45, 2.75) is 32.7 Å². The third-order valence-corrected chi connectivity index (χ3v) is 6.15. The zero-order valence-electron chi connectivity index (χ0n) is 17.8. The first kappa shape index (κ1) is 21.2. The number of nitrogens with zero attached hydrogens (tertiary/aromatic N) is 6. The molecule has 0 saturated carbocycles. The minimum atomic E-state index is -0.865. The van der Waals surface area contributed by atoms with Crippen LogP contribution in [0.5, 0.6) is 0 Å². The summed E-state index contributed by atoms with van der Waals surface area (Å²) in [5, 5.41) is 13.0. The van der Waals surface area contributed by atoms with Crippen LogP contribution in [-0.2, 0) is 0 Å². The van der Waals surface area contributed by atoms with E-state index in [1.165, 1.54) is 4.90 Å². The van der Waals surface area contributed by atoms with Gasteiger partial charge in [0.2, 0.25) is 5.95 Å². The largest absolute Gasteiger partial charge is 0.465 e. The number of anilines is 3. The van der Waals surface area contributed by atoms with E-state index in [0.29, 0.717) is 29.9 Å². The molecule has 1 fully saturated rings. The van der Waals surface area contributed by atoms with Crippen molar-refractivity contribution in [2.75, 3.05) is 30.4 Å². The van der Waals surface area contributed by atoms with E-state index in [1.807, 2.05) is 42.9 Å². The number of halogens is 1. The Bertz CT molecular complexity index is 1100. The molecule has 2 unspecified atom stereocenters. The number of likely N-dealkylation sites (tertiary alicyclic amines) is 1. The summed E-state index contributed by atoms with van der Waals surface area (Å²) in [5.74, 6) is 1.27. The van der Waals surface area contributed by atoms with Gasteiger partial charge < -0.3 is 24.6 Å². The second kappa shape index (κ2) is 8.58. The molecule has 4 rings (SSSR count). The van der Waals surface area contributed by atoms with Gasteiger partial charge in [-0.15, -0.1) is 0 Å². The van der Waals surface area contributed by atoms with Gasteiger partial charge in [0.25, 0.3) is 0 Å². The fourth-order valence-corrected chi connectivity index (χ4v) is 4.47. The Kier molecular flexibility index (Phi) is 5.86. The van der Waals surface area contributed by atoms with Crippen LogP contribution in [0.2, 0.25) is 5.02 Å². The number of aryl methyl sites for hydroxylation is 1. The van der Waals surface area contributed by atoms with E-state index in [9.17, 15) is 9.90 Å². The average Bonchev–Trinajstić information content (AvgIpc) is 3.13. The highest BCUT2D eigenvalue weighted by Gasteiger charge is 2.34. The van der Waals surface area contributed by atoms with Crippen LogP contribution in [0.4, 0.5) is 22.2 Å². The maximum Gasteiger partial charge on any atom is 0.407 e. The van der Waals surface area contributed by atoms with E-state index in [1.54, 1.807) is 6.20 Å². The predicted molar refractivity (Wildman–Crippen MR) is 120 cm³/mol. The minimum absolute atomic E-state index is 0.144. The van der Waals surface area contributed by atoms with Crippen LogP contribution in [0, 0.1) is 12.8 Å². The molecule has 3 aromatic heterocycles. The van der Waals surface area contributed by atoms with E-state index in [4.69, 9.17) is 11.6 Å². The summed E-state index contributed by atoms with van der Waals surface area (Å²) in [6.07, 6.45) is 6.22. The highest BCUT2D eigenvalue weighted by Crippen LogP contribution is 2.31. The second-order valence-corrected chi connectivity index (χ2v) is 8.32. The van der Waals surface area contributed by atoms with E-state index in [2.05, 4.69) is 32.1 Å². The van der Waals surface area contributed by atoms with Crippen molar-refractivity contribution in [2.24, 2.45) is 5.92 Å². The van der Waals surface area contributed by atoms with Crippen molar-refractivity contribution < 1.29 is 9.90 Å². The number of amides is 1. The first-order valence-electron chi connectivity index (χ1n) is 10.3. The number of pyridine rings is 1. The van der Waals surface area contributed by atoms with Crippen LogP contribution in [0.15, 0.2) is 30.7 Å². The summed E-state index contributed by atoms with van der Waals surface area (Å²) in [6.45, 7) is 5.05. The summed E-state index contributed by atoms with van der Waals surface area (Å²) in [5.41, 5.74) is 2.61. The number of rotatable bonds is 5. The molecule has 31 heavy (non-hydrogen) atoms. The van der Waals surface area contributed by atoms with Gasteiger partial charge in [-0.1, -0.05) is 18.5 Å². The van der Waals surface area contributed by atoms with Gasteiger partial charge in [-0.3, -0.25) is 0 Å². The smallest absolute Gasteiger partial charge is 0.407 e. The van der Waals surface area contributed by atoms with Crippen molar-refractivity contribution in [1.29, 1.82) is 0 Å². The number of carboxylic acid groups (broad SMARTS) is 1. The lowest BCUT2D eigenvalue weighted by molar-refractivity contribution is 0.111. The molecule has 164 valence electrons. The van der Waals surface area contributed by atoms with Crippen molar-refractivity contribution >= 4 is 40.8 Å². The van der Waals surface area contributed by atoms with E-state index >= 15 is 0 Å². The summed E-state index contributed by atoms with van der Waals surface area (Å²) in [6, 6.07) is 4.01. The van der Waals surface area contributed by atoms with Gasteiger partial charge in [-0.2, -0.15) is 4.98 Å². The number of hydrogen-bond acceptors (Lipinski definition) is 6. The molecule has 0 aromatic carbocycles. The van der Waals surface area contributed by atoms with Crippen LogP contribution in [0.1, 0.15) is 25.5 Å². The molecule has 3 aromatic rings. The topological polar surface area (TPSA) is 98.9 Å². The summed E-state index contributed by atoms with van der Waals surface area (Å²) >= 11 is 6.45. The first-order valence-corrected chi connectivity index (χ1v) is 10.7. The summed E-state index contributed by atoms with van der Waals surface area (Å²) in [4.78, 5) is 28.4. The lowest BCUT2D eigenvalue weighted by Crippen LogP contribution is -2.51. The minimum Gasteiger partial charge on any atom is -0.465 e. The molecule has 0 bridgehead atoms. The van der Waals surface area contributed by atoms with Crippen LogP contribution in [-0.4, -0.2) is 61.6 Å². The quantitative estimate of drug-likeness (QED) is 0.613. The van der Waals surface area contributed by atoms with Crippen LogP contribution >= 0.6 is 11.6 Å². The molecule has 2 N–H and O–H groups in total. The highest BCUT2D eigenvalue weighted by molar-refractivity contribution is 6.32. The van der Waals surface area contributed by atoms with Gasteiger partial charge >= 0.3 is 6.09 Å². The molecule has 2 atom stereocenters. The van der Waals surface area contributed by atoms with Gasteiger partial charge in [-0.25, -0.2) is 14.8 Å². The molecule has 0 aliphatic carbocycles. The van der Waals surface area contributed by atoms with Crippen molar-refractivity contribution in [1.82, 2.24) is 24.3 Å². The third kappa shape index (κ3) is 4.36. The van der Waals surface area contributed by atoms with Crippen LogP contribution in [0.3, 0.4) is 0 Å². The molecule has 4 heterocycles. The fourth-order valence-electron chi connectivity index (χ4n) is 4.24. The molecule has 10 heteroatoms. The van der Waals surface area contributed by atoms with Crippen LogP contribution in [0.25, 0.3) is 5.65 Å². The number of hydrogen-bond donors (Lipinski definition) is 2. The maximum atomic E-state index is 11.4. The van der Waals surface area contributed by atoms with E-state index in [-0.39, 0.29) is 12.0 Å². The number of carbonyl (C=O) groups is 1. The zero-order chi connectivity index (χ0) is 22.1. The predicted octanol–water partition coefficient (Wildman–Crippen LogP) is 4.04. The SMILES string of the molecule is CCC1CN(C(=O)O)CCC1N(C)c1nc(Nc2ccn3cc(C)nc3c2)ncc1Cl. The molecule has 0 radical (unpaired) electrons. The Hall–Kier alpha value is -3.07. The molecule has 1 aliphatic rings. The van der Waals surface area contributed by atoms with Crippen LogP contribution < -0.4 is 10.2 Å². The number of aromatic nitrogens is 4. The van der Waals surface area contributed by atoms with Gasteiger partial charge in [0, 0.05) is 50.3 Å². The molecular formula is C21H26ClN7O2. The maximum absolute atomic E-state index is 11.4.